The van der Waals surface area contributed by atoms with Gasteiger partial charge in [-0.25, -0.2) is 4.98 Å². The fraction of sp³-hybridized carbons (Fsp3) is 0.176. The molecule has 20 heavy (non-hydrogen) atoms. The zero-order valence-corrected chi connectivity index (χ0v) is 10.9. The van der Waals surface area contributed by atoms with Gasteiger partial charge in [0.15, 0.2) is 0 Å². The molecule has 0 radical (unpaired) electrons. The second-order valence-electron chi connectivity index (χ2n) is 5.35. The van der Waals surface area contributed by atoms with Gasteiger partial charge >= 0.3 is 0 Å². The number of nitrogens with zero attached hydrogens (tertiary/aromatic N) is 2. The lowest BCUT2D eigenvalue weighted by atomic mass is 9.95. The molecule has 96 valence electrons. The number of imidazole rings is 1. The molecule has 1 fully saturated rings. The quantitative estimate of drug-likeness (QED) is 0.765. The van der Waals surface area contributed by atoms with E-state index in [4.69, 9.17) is 4.98 Å². The molecule has 0 saturated heterocycles. The normalized spacial score (nSPS) is 15.9. The molecular formula is C17H13N3. The number of fused-ring (bicyclic) bond motifs is 1. The highest BCUT2D eigenvalue weighted by Gasteiger charge is 2.48. The van der Waals surface area contributed by atoms with E-state index in [9.17, 15) is 5.26 Å². The van der Waals surface area contributed by atoms with Crippen molar-refractivity contribution in [2.45, 2.75) is 18.3 Å². The standard InChI is InChI=1S/C17H13N3/c18-11-12-5-4-8-14-15(12)20-16(19-14)17(9-10-17)13-6-2-1-3-7-13/h1-8H,9-10H2,(H,19,20). The first kappa shape index (κ1) is 11.2. The summed E-state index contributed by atoms with van der Waals surface area (Å²) in [5, 5.41) is 9.18. The lowest BCUT2D eigenvalue weighted by Crippen LogP contribution is -2.10. The number of benzene rings is 2. The number of H-pyrrole nitrogens is 1. The highest BCUT2D eigenvalue weighted by molar-refractivity contribution is 5.81. The van der Waals surface area contributed by atoms with Gasteiger partial charge in [0.2, 0.25) is 0 Å². The molecule has 3 nitrogen and oxygen atoms in total. The molecule has 0 spiro atoms. The molecule has 0 bridgehead atoms. The van der Waals surface area contributed by atoms with Gasteiger partial charge in [-0.1, -0.05) is 36.4 Å². The maximum absolute atomic E-state index is 9.18. The molecule has 1 aliphatic carbocycles. The van der Waals surface area contributed by atoms with E-state index in [1.54, 1.807) is 0 Å². The van der Waals surface area contributed by atoms with Crippen LogP contribution in [-0.4, -0.2) is 9.97 Å². The van der Waals surface area contributed by atoms with Crippen LogP contribution >= 0.6 is 0 Å². The first-order valence-corrected chi connectivity index (χ1v) is 6.78. The SMILES string of the molecule is N#Cc1cccc2[nH]c(C3(c4ccccc4)CC3)nc12. The van der Waals surface area contributed by atoms with Crippen molar-refractivity contribution in [2.75, 3.05) is 0 Å². The fourth-order valence-corrected chi connectivity index (χ4v) is 2.89. The summed E-state index contributed by atoms with van der Waals surface area (Å²) in [5.74, 6) is 0.987. The van der Waals surface area contributed by atoms with Crippen LogP contribution in [0.15, 0.2) is 48.5 Å². The van der Waals surface area contributed by atoms with Gasteiger partial charge in [0.05, 0.1) is 16.5 Å². The van der Waals surface area contributed by atoms with Crippen LogP contribution in [0.25, 0.3) is 11.0 Å². The summed E-state index contributed by atoms with van der Waals surface area (Å²) in [6, 6.07) is 18.4. The second kappa shape index (κ2) is 3.94. The molecule has 1 N–H and O–H groups in total. The van der Waals surface area contributed by atoms with E-state index in [1.807, 2.05) is 24.3 Å². The summed E-state index contributed by atoms with van der Waals surface area (Å²) in [5.41, 5.74) is 3.69. The summed E-state index contributed by atoms with van der Waals surface area (Å²) in [6.07, 6.45) is 2.22. The van der Waals surface area contributed by atoms with Gasteiger partial charge < -0.3 is 4.98 Å². The van der Waals surface area contributed by atoms with E-state index < -0.39 is 0 Å². The zero-order valence-electron chi connectivity index (χ0n) is 10.9. The molecule has 1 saturated carbocycles. The maximum atomic E-state index is 9.18. The topological polar surface area (TPSA) is 52.5 Å². The van der Waals surface area contributed by atoms with Crippen LogP contribution in [0, 0.1) is 11.3 Å². The van der Waals surface area contributed by atoms with Crippen molar-refractivity contribution in [1.82, 2.24) is 9.97 Å². The molecule has 1 aromatic heterocycles. The third kappa shape index (κ3) is 1.48. The number of hydrogen-bond donors (Lipinski definition) is 1. The number of nitrogens with one attached hydrogen (secondary N) is 1. The summed E-state index contributed by atoms with van der Waals surface area (Å²) in [6.45, 7) is 0. The van der Waals surface area contributed by atoms with Gasteiger partial charge in [0.25, 0.3) is 0 Å². The van der Waals surface area contributed by atoms with Crippen molar-refractivity contribution in [2.24, 2.45) is 0 Å². The van der Waals surface area contributed by atoms with Crippen LogP contribution in [0.3, 0.4) is 0 Å². The average Bonchev–Trinajstić information content (AvgIpc) is 3.20. The molecule has 2 aromatic carbocycles. The predicted molar refractivity (Wildman–Crippen MR) is 77.3 cm³/mol. The average molecular weight is 259 g/mol. The Morgan fingerprint density at radius 1 is 1.05 bits per heavy atom. The van der Waals surface area contributed by atoms with Gasteiger partial charge in [0, 0.05) is 0 Å². The number of aromatic amines is 1. The van der Waals surface area contributed by atoms with E-state index in [0.717, 1.165) is 29.7 Å². The number of para-hydroxylation sites is 1. The monoisotopic (exact) mass is 259 g/mol. The van der Waals surface area contributed by atoms with Crippen LogP contribution in [-0.2, 0) is 5.41 Å². The van der Waals surface area contributed by atoms with Crippen molar-refractivity contribution < 1.29 is 0 Å². The third-order valence-electron chi connectivity index (χ3n) is 4.16. The molecule has 0 aliphatic heterocycles. The molecule has 4 rings (SSSR count). The van der Waals surface area contributed by atoms with E-state index in [0.29, 0.717) is 5.56 Å². The Labute approximate surface area is 116 Å². The largest absolute Gasteiger partial charge is 0.341 e. The number of aromatic nitrogens is 2. The molecule has 0 unspecified atom stereocenters. The van der Waals surface area contributed by atoms with Gasteiger partial charge in [-0.3, -0.25) is 0 Å². The maximum Gasteiger partial charge on any atom is 0.117 e. The third-order valence-corrected chi connectivity index (χ3v) is 4.16. The van der Waals surface area contributed by atoms with Crippen LogP contribution < -0.4 is 0 Å². The van der Waals surface area contributed by atoms with Crippen molar-refractivity contribution >= 4 is 11.0 Å². The molecule has 0 atom stereocenters. The Bertz CT molecular complexity index is 820. The lowest BCUT2D eigenvalue weighted by molar-refractivity contribution is 0.779. The minimum absolute atomic E-state index is 0.0208. The van der Waals surface area contributed by atoms with Crippen molar-refractivity contribution in [1.29, 1.82) is 5.26 Å². The van der Waals surface area contributed by atoms with Crippen LogP contribution in [0.5, 0.6) is 0 Å². The van der Waals surface area contributed by atoms with Crippen LogP contribution in [0.4, 0.5) is 0 Å². The lowest BCUT2D eigenvalue weighted by Gasteiger charge is -2.12. The predicted octanol–water partition coefficient (Wildman–Crippen LogP) is 3.51. The van der Waals surface area contributed by atoms with Gasteiger partial charge in [-0.05, 0) is 30.5 Å². The minimum Gasteiger partial charge on any atom is -0.341 e. The molecule has 3 heteroatoms. The Morgan fingerprint density at radius 3 is 2.55 bits per heavy atom. The van der Waals surface area contributed by atoms with Gasteiger partial charge in [-0.15, -0.1) is 0 Å². The van der Waals surface area contributed by atoms with E-state index in [1.165, 1.54) is 5.56 Å². The second-order valence-corrected chi connectivity index (χ2v) is 5.35. The van der Waals surface area contributed by atoms with Crippen molar-refractivity contribution in [3.63, 3.8) is 0 Å². The van der Waals surface area contributed by atoms with Gasteiger partial charge in [0.1, 0.15) is 17.4 Å². The highest BCUT2D eigenvalue weighted by atomic mass is 15.0. The number of rotatable bonds is 2. The zero-order chi connectivity index (χ0) is 13.6. The Hall–Kier alpha value is -2.60. The minimum atomic E-state index is 0.0208. The van der Waals surface area contributed by atoms with Crippen molar-refractivity contribution in [3.05, 3.63) is 65.5 Å². The molecule has 1 heterocycles. The highest BCUT2D eigenvalue weighted by Crippen LogP contribution is 2.52. The summed E-state index contributed by atoms with van der Waals surface area (Å²) in [7, 11) is 0. The molecule has 1 aliphatic rings. The molecule has 3 aromatic rings. The van der Waals surface area contributed by atoms with E-state index in [-0.39, 0.29) is 5.41 Å². The van der Waals surface area contributed by atoms with Gasteiger partial charge in [-0.2, -0.15) is 5.26 Å². The fourth-order valence-electron chi connectivity index (χ4n) is 2.89. The Morgan fingerprint density at radius 2 is 1.85 bits per heavy atom. The summed E-state index contributed by atoms with van der Waals surface area (Å²) >= 11 is 0. The Balaban J connectivity index is 1.90. The van der Waals surface area contributed by atoms with E-state index in [2.05, 4.69) is 35.3 Å². The molecular weight excluding hydrogens is 246 g/mol. The first-order valence-electron chi connectivity index (χ1n) is 6.78. The summed E-state index contributed by atoms with van der Waals surface area (Å²) in [4.78, 5) is 8.13. The van der Waals surface area contributed by atoms with E-state index >= 15 is 0 Å². The smallest absolute Gasteiger partial charge is 0.117 e. The summed E-state index contributed by atoms with van der Waals surface area (Å²) < 4.78 is 0. The number of hydrogen-bond acceptors (Lipinski definition) is 2. The van der Waals surface area contributed by atoms with Crippen LogP contribution in [0.1, 0.15) is 29.8 Å². The number of nitriles is 1. The van der Waals surface area contributed by atoms with Crippen LogP contribution in [0.2, 0.25) is 0 Å². The first-order chi connectivity index (χ1) is 9.83. The Kier molecular flexibility index (Phi) is 2.22. The van der Waals surface area contributed by atoms with Crippen molar-refractivity contribution in [3.8, 4) is 6.07 Å². The molecule has 0 amide bonds.